The molecule has 0 saturated carbocycles. The molecule has 1 unspecified atom stereocenters. The van der Waals surface area contributed by atoms with Crippen molar-refractivity contribution in [2.45, 2.75) is 13.0 Å². The largest absolute Gasteiger partial charge is 0.495 e. The van der Waals surface area contributed by atoms with Crippen molar-refractivity contribution in [3.63, 3.8) is 0 Å². The lowest BCUT2D eigenvalue weighted by molar-refractivity contribution is 0.412. The third-order valence-corrected chi connectivity index (χ3v) is 5.71. The highest BCUT2D eigenvalue weighted by Gasteiger charge is 2.22. The topological polar surface area (TPSA) is 93.5 Å². The van der Waals surface area contributed by atoms with E-state index in [9.17, 15) is 0 Å². The number of imidazole rings is 2. The summed E-state index contributed by atoms with van der Waals surface area (Å²) in [4.78, 5) is 20.8. The highest BCUT2D eigenvalue weighted by molar-refractivity contribution is 9.10. The zero-order valence-corrected chi connectivity index (χ0v) is 17.9. The molecular formula is C21H18BrN7O. The van der Waals surface area contributed by atoms with Gasteiger partial charge in [-0.2, -0.15) is 0 Å². The second-order valence-electron chi connectivity index (χ2n) is 6.78. The van der Waals surface area contributed by atoms with Crippen LogP contribution in [-0.4, -0.2) is 36.6 Å². The molecule has 0 saturated heterocycles. The Balaban J connectivity index is 1.68. The average molecular weight is 464 g/mol. The van der Waals surface area contributed by atoms with Crippen molar-refractivity contribution >= 4 is 43.9 Å². The molecule has 0 spiro atoms. The number of aromatic nitrogens is 6. The Hall–Kier alpha value is -3.46. The first kappa shape index (κ1) is 18.6. The molecule has 2 aromatic carbocycles. The van der Waals surface area contributed by atoms with E-state index in [0.29, 0.717) is 11.5 Å². The summed E-state index contributed by atoms with van der Waals surface area (Å²) < 4.78 is 8.50. The molecule has 0 aliphatic heterocycles. The van der Waals surface area contributed by atoms with E-state index >= 15 is 0 Å². The van der Waals surface area contributed by atoms with Gasteiger partial charge in [0.1, 0.15) is 23.4 Å². The van der Waals surface area contributed by atoms with Gasteiger partial charge in [-0.05, 0) is 47.1 Å². The lowest BCUT2D eigenvalue weighted by Crippen LogP contribution is -2.14. The SMILES string of the molecule is COc1ccc2nc(C(C)Nc3ncnc4nc[nH]c34)n(-c3ccccc3)c2c1Br. The third-order valence-electron chi connectivity index (χ3n) is 4.94. The number of nitrogens with zero attached hydrogens (tertiary/aromatic N) is 5. The predicted octanol–water partition coefficient (Wildman–Crippen LogP) is 4.64. The molecule has 0 aliphatic rings. The Morgan fingerprint density at radius 2 is 1.93 bits per heavy atom. The van der Waals surface area contributed by atoms with E-state index in [2.05, 4.69) is 64.8 Å². The van der Waals surface area contributed by atoms with Crippen LogP contribution in [0.2, 0.25) is 0 Å². The molecule has 30 heavy (non-hydrogen) atoms. The van der Waals surface area contributed by atoms with Crippen LogP contribution in [0, 0.1) is 0 Å². The van der Waals surface area contributed by atoms with Crippen LogP contribution in [0.3, 0.4) is 0 Å². The predicted molar refractivity (Wildman–Crippen MR) is 119 cm³/mol. The molecule has 5 aromatic rings. The first-order chi connectivity index (χ1) is 14.7. The van der Waals surface area contributed by atoms with Crippen LogP contribution >= 0.6 is 15.9 Å². The number of H-pyrrole nitrogens is 1. The Bertz CT molecular complexity index is 1350. The normalized spacial score (nSPS) is 12.4. The summed E-state index contributed by atoms with van der Waals surface area (Å²) >= 11 is 3.71. The number of aromatic amines is 1. The molecule has 1 atom stereocenters. The number of hydrogen-bond acceptors (Lipinski definition) is 6. The first-order valence-electron chi connectivity index (χ1n) is 9.38. The number of halogens is 1. The fourth-order valence-electron chi connectivity index (χ4n) is 3.56. The summed E-state index contributed by atoms with van der Waals surface area (Å²) in [6.07, 6.45) is 3.11. The summed E-state index contributed by atoms with van der Waals surface area (Å²) in [5.41, 5.74) is 4.19. The van der Waals surface area contributed by atoms with Crippen molar-refractivity contribution < 1.29 is 4.74 Å². The number of rotatable bonds is 5. The Morgan fingerprint density at radius 3 is 2.73 bits per heavy atom. The molecule has 8 nitrogen and oxygen atoms in total. The Kier molecular flexibility index (Phi) is 4.59. The van der Waals surface area contributed by atoms with E-state index in [4.69, 9.17) is 9.72 Å². The third kappa shape index (κ3) is 2.98. The van der Waals surface area contributed by atoms with Gasteiger partial charge in [-0.15, -0.1) is 0 Å². The molecule has 5 rings (SSSR count). The van der Waals surface area contributed by atoms with E-state index in [0.717, 1.165) is 38.3 Å². The van der Waals surface area contributed by atoms with Gasteiger partial charge in [0, 0.05) is 5.69 Å². The number of ether oxygens (including phenoxy) is 1. The summed E-state index contributed by atoms with van der Waals surface area (Å²) in [5.74, 6) is 2.27. The highest BCUT2D eigenvalue weighted by Crippen LogP contribution is 2.37. The van der Waals surface area contributed by atoms with Gasteiger partial charge in [-0.3, -0.25) is 4.57 Å². The van der Waals surface area contributed by atoms with Gasteiger partial charge in [-0.25, -0.2) is 19.9 Å². The minimum absolute atomic E-state index is 0.156. The number of fused-ring (bicyclic) bond motifs is 2. The van der Waals surface area contributed by atoms with Crippen LogP contribution in [0.1, 0.15) is 18.8 Å². The Morgan fingerprint density at radius 1 is 1.10 bits per heavy atom. The number of benzene rings is 2. The van der Waals surface area contributed by atoms with Crippen LogP contribution < -0.4 is 10.1 Å². The van der Waals surface area contributed by atoms with Crippen LogP contribution in [0.25, 0.3) is 27.9 Å². The van der Waals surface area contributed by atoms with E-state index < -0.39 is 0 Å². The quantitative estimate of drug-likeness (QED) is 0.394. The van der Waals surface area contributed by atoms with Gasteiger partial charge in [-0.1, -0.05) is 18.2 Å². The number of anilines is 1. The molecule has 3 heterocycles. The van der Waals surface area contributed by atoms with Crippen LogP contribution in [-0.2, 0) is 0 Å². The van der Waals surface area contributed by atoms with E-state index in [1.165, 1.54) is 6.33 Å². The second kappa shape index (κ2) is 7.42. The van der Waals surface area contributed by atoms with Gasteiger partial charge in [0.25, 0.3) is 0 Å². The number of para-hydroxylation sites is 1. The second-order valence-corrected chi connectivity index (χ2v) is 7.57. The molecule has 0 radical (unpaired) electrons. The molecule has 0 fully saturated rings. The van der Waals surface area contributed by atoms with Gasteiger partial charge in [0.2, 0.25) is 0 Å². The zero-order valence-electron chi connectivity index (χ0n) is 16.3. The smallest absolute Gasteiger partial charge is 0.182 e. The van der Waals surface area contributed by atoms with E-state index in [-0.39, 0.29) is 6.04 Å². The molecule has 0 amide bonds. The van der Waals surface area contributed by atoms with Crippen molar-refractivity contribution in [1.82, 2.24) is 29.5 Å². The van der Waals surface area contributed by atoms with Crippen molar-refractivity contribution in [2.75, 3.05) is 12.4 Å². The zero-order chi connectivity index (χ0) is 20.7. The maximum Gasteiger partial charge on any atom is 0.182 e. The minimum Gasteiger partial charge on any atom is -0.495 e. The van der Waals surface area contributed by atoms with Crippen molar-refractivity contribution in [2.24, 2.45) is 0 Å². The fourth-order valence-corrected chi connectivity index (χ4v) is 4.23. The lowest BCUT2D eigenvalue weighted by atomic mass is 10.2. The van der Waals surface area contributed by atoms with Gasteiger partial charge in [0.15, 0.2) is 11.5 Å². The highest BCUT2D eigenvalue weighted by atomic mass is 79.9. The van der Waals surface area contributed by atoms with Crippen molar-refractivity contribution in [3.8, 4) is 11.4 Å². The summed E-state index contributed by atoms with van der Waals surface area (Å²) in [7, 11) is 1.66. The number of methoxy groups -OCH3 is 1. The molecule has 0 bridgehead atoms. The number of hydrogen-bond donors (Lipinski definition) is 2. The molecule has 9 heteroatoms. The summed E-state index contributed by atoms with van der Waals surface area (Å²) in [6, 6.07) is 13.8. The summed E-state index contributed by atoms with van der Waals surface area (Å²) in [6.45, 7) is 2.05. The fraction of sp³-hybridized carbons (Fsp3) is 0.143. The van der Waals surface area contributed by atoms with Gasteiger partial charge in [0.05, 0.1) is 35.0 Å². The molecule has 2 N–H and O–H groups in total. The standard InChI is InChI=1S/C21H18BrN7O/c1-12(27-20-17-19(24-10-23-17)25-11-26-20)21-28-14-8-9-15(30-2)16(22)18(14)29(21)13-6-4-3-5-7-13/h3-12H,1-2H3,(H2,23,24,25,26,27). The van der Waals surface area contributed by atoms with Crippen molar-refractivity contribution in [3.05, 3.63) is 65.4 Å². The van der Waals surface area contributed by atoms with Gasteiger partial charge < -0.3 is 15.0 Å². The summed E-state index contributed by atoms with van der Waals surface area (Å²) in [5, 5.41) is 3.45. The molecule has 150 valence electrons. The molecular weight excluding hydrogens is 446 g/mol. The molecule has 0 aliphatic carbocycles. The Labute approximate surface area is 180 Å². The van der Waals surface area contributed by atoms with E-state index in [1.807, 2.05) is 30.3 Å². The van der Waals surface area contributed by atoms with Crippen molar-refractivity contribution in [1.29, 1.82) is 0 Å². The van der Waals surface area contributed by atoms with Gasteiger partial charge >= 0.3 is 0 Å². The first-order valence-corrected chi connectivity index (χ1v) is 10.2. The maximum absolute atomic E-state index is 5.52. The van der Waals surface area contributed by atoms with E-state index in [1.54, 1.807) is 13.4 Å². The minimum atomic E-state index is -0.156. The van der Waals surface area contributed by atoms with Crippen LogP contribution in [0.15, 0.2) is 59.6 Å². The van der Waals surface area contributed by atoms with Crippen LogP contribution in [0.4, 0.5) is 5.82 Å². The maximum atomic E-state index is 5.52. The monoisotopic (exact) mass is 463 g/mol. The number of nitrogens with one attached hydrogen (secondary N) is 2. The lowest BCUT2D eigenvalue weighted by Gasteiger charge is -2.17. The molecule has 3 aromatic heterocycles. The average Bonchev–Trinajstić information content (AvgIpc) is 3.40. The van der Waals surface area contributed by atoms with Crippen LogP contribution in [0.5, 0.6) is 5.75 Å².